The number of thiophene rings is 1. The number of hydrogen-bond donors (Lipinski definition) is 1. The summed E-state index contributed by atoms with van der Waals surface area (Å²) in [6, 6.07) is 7.85. The van der Waals surface area contributed by atoms with E-state index in [4.69, 9.17) is 16.3 Å². The third-order valence-electron chi connectivity index (χ3n) is 3.76. The largest absolute Gasteiger partial charge is 0.448 e. The Morgan fingerprint density at radius 1 is 1.31 bits per heavy atom. The van der Waals surface area contributed by atoms with E-state index in [0.29, 0.717) is 21.3 Å². The van der Waals surface area contributed by atoms with Crippen LogP contribution in [-0.2, 0) is 9.53 Å². The van der Waals surface area contributed by atoms with Gasteiger partial charge >= 0.3 is 5.97 Å². The summed E-state index contributed by atoms with van der Waals surface area (Å²) in [5.41, 5.74) is 0.818. The fourth-order valence-electron chi connectivity index (χ4n) is 2.43. The lowest BCUT2D eigenvalue weighted by Gasteiger charge is -2.13. The van der Waals surface area contributed by atoms with E-state index in [9.17, 15) is 14.0 Å². The highest BCUT2D eigenvalue weighted by atomic mass is 35.5. The monoisotopic (exact) mass is 392 g/mol. The summed E-state index contributed by atoms with van der Waals surface area (Å²) in [4.78, 5) is 28.8. The van der Waals surface area contributed by atoms with Crippen molar-refractivity contribution >= 4 is 50.6 Å². The summed E-state index contributed by atoms with van der Waals surface area (Å²) in [6.07, 6.45) is 0.429. The molecule has 1 aromatic carbocycles. The summed E-state index contributed by atoms with van der Waals surface area (Å²) in [6.45, 7) is 3.10. The molecule has 0 aliphatic rings. The van der Waals surface area contributed by atoms with Gasteiger partial charge in [-0.3, -0.25) is 4.79 Å². The quantitative estimate of drug-likeness (QED) is 0.521. The molecule has 3 rings (SSSR count). The second-order valence-corrected chi connectivity index (χ2v) is 6.96. The number of aromatic nitrogens is 1. The molecule has 1 atom stereocenters. The Kier molecular flexibility index (Phi) is 5.20. The number of halogens is 2. The van der Waals surface area contributed by atoms with Crippen LogP contribution in [0.3, 0.4) is 0 Å². The van der Waals surface area contributed by atoms with Gasteiger partial charge in [-0.1, -0.05) is 17.7 Å². The smallest absolute Gasteiger partial charge is 0.349 e. The molecule has 0 bridgehead atoms. The van der Waals surface area contributed by atoms with Gasteiger partial charge in [-0.25, -0.2) is 14.2 Å². The Bertz CT molecular complexity index is 1010. The van der Waals surface area contributed by atoms with E-state index in [1.165, 1.54) is 19.2 Å². The van der Waals surface area contributed by atoms with Crippen LogP contribution in [0.5, 0.6) is 0 Å². The minimum Gasteiger partial charge on any atom is -0.448 e. The molecule has 1 amide bonds. The maximum atomic E-state index is 14.0. The van der Waals surface area contributed by atoms with Crippen LogP contribution in [0.1, 0.15) is 22.2 Å². The van der Waals surface area contributed by atoms with Crippen molar-refractivity contribution in [3.8, 4) is 0 Å². The van der Waals surface area contributed by atoms with E-state index in [2.05, 4.69) is 10.3 Å². The SMILES string of the molecule is Cc1c(C(=O)O[C@H](C)C(=O)Nc2cccnc2Cl)sc2cccc(F)c12. The minimum atomic E-state index is -1.06. The number of aryl methyl sites for hydroxylation is 1. The van der Waals surface area contributed by atoms with Gasteiger partial charge in [-0.15, -0.1) is 11.3 Å². The molecule has 134 valence electrons. The zero-order valence-electron chi connectivity index (χ0n) is 13.9. The molecule has 0 radical (unpaired) electrons. The molecular weight excluding hydrogens is 379 g/mol. The molecule has 0 aliphatic heterocycles. The van der Waals surface area contributed by atoms with E-state index in [1.54, 1.807) is 31.2 Å². The molecule has 2 aromatic heterocycles. The number of carbonyl (C=O) groups excluding carboxylic acids is 2. The van der Waals surface area contributed by atoms with Crippen LogP contribution in [0.2, 0.25) is 5.15 Å². The summed E-state index contributed by atoms with van der Waals surface area (Å²) < 4.78 is 19.8. The molecule has 3 aromatic rings. The summed E-state index contributed by atoms with van der Waals surface area (Å²) in [7, 11) is 0. The molecule has 0 fully saturated rings. The van der Waals surface area contributed by atoms with E-state index < -0.39 is 23.8 Å². The number of benzene rings is 1. The maximum Gasteiger partial charge on any atom is 0.349 e. The van der Waals surface area contributed by atoms with Gasteiger partial charge in [-0.2, -0.15) is 0 Å². The maximum absolute atomic E-state index is 14.0. The first-order chi connectivity index (χ1) is 12.4. The Hall–Kier alpha value is -2.51. The molecule has 0 saturated heterocycles. The number of amides is 1. The number of nitrogens with one attached hydrogen (secondary N) is 1. The van der Waals surface area contributed by atoms with E-state index in [0.717, 1.165) is 11.3 Å². The fourth-order valence-corrected chi connectivity index (χ4v) is 3.70. The van der Waals surface area contributed by atoms with Gasteiger partial charge in [-0.05, 0) is 43.7 Å². The second-order valence-electron chi connectivity index (χ2n) is 5.55. The van der Waals surface area contributed by atoms with Gasteiger partial charge in [0.2, 0.25) is 0 Å². The summed E-state index contributed by atoms with van der Waals surface area (Å²) in [5, 5.41) is 3.08. The molecule has 26 heavy (non-hydrogen) atoms. The standard InChI is InChI=1S/C18H14ClFN2O3S/c1-9-14-11(20)5-3-7-13(14)26-15(9)18(24)25-10(2)17(23)22-12-6-4-8-21-16(12)19/h3-8,10H,1-2H3,(H,22,23)/t10-/m1/s1. The first-order valence-electron chi connectivity index (χ1n) is 7.68. The number of anilines is 1. The highest BCUT2D eigenvalue weighted by Gasteiger charge is 2.24. The predicted octanol–water partition coefficient (Wildman–Crippen LogP) is 4.58. The number of rotatable bonds is 4. The number of carbonyl (C=O) groups is 2. The Labute approximate surface area is 157 Å². The van der Waals surface area contributed by atoms with Crippen LogP contribution in [0.15, 0.2) is 36.5 Å². The van der Waals surface area contributed by atoms with Crippen molar-refractivity contribution in [3.63, 3.8) is 0 Å². The lowest BCUT2D eigenvalue weighted by Crippen LogP contribution is -2.30. The Balaban J connectivity index is 1.75. The van der Waals surface area contributed by atoms with Crippen LogP contribution >= 0.6 is 22.9 Å². The van der Waals surface area contributed by atoms with Crippen molar-refractivity contribution in [2.45, 2.75) is 20.0 Å². The molecule has 1 N–H and O–H groups in total. The molecule has 0 saturated carbocycles. The van der Waals surface area contributed by atoms with Crippen molar-refractivity contribution in [1.82, 2.24) is 4.98 Å². The molecule has 0 unspecified atom stereocenters. The third kappa shape index (κ3) is 3.54. The summed E-state index contributed by atoms with van der Waals surface area (Å²) >= 11 is 7.02. The average Bonchev–Trinajstić information content (AvgIpc) is 2.95. The number of nitrogens with zero attached hydrogens (tertiary/aromatic N) is 1. The molecule has 8 heteroatoms. The van der Waals surface area contributed by atoms with Crippen LogP contribution < -0.4 is 5.32 Å². The number of ether oxygens (including phenoxy) is 1. The van der Waals surface area contributed by atoms with Crippen molar-refractivity contribution in [3.05, 3.63) is 57.9 Å². The van der Waals surface area contributed by atoms with Crippen molar-refractivity contribution in [2.24, 2.45) is 0 Å². The molecular formula is C18H14ClFN2O3S. The Morgan fingerprint density at radius 3 is 2.77 bits per heavy atom. The molecule has 0 aliphatic carbocycles. The van der Waals surface area contributed by atoms with Gasteiger partial charge in [0.05, 0.1) is 5.69 Å². The lowest BCUT2D eigenvalue weighted by atomic mass is 10.1. The number of pyridine rings is 1. The van der Waals surface area contributed by atoms with Gasteiger partial charge in [0.25, 0.3) is 5.91 Å². The molecule has 5 nitrogen and oxygen atoms in total. The van der Waals surface area contributed by atoms with E-state index >= 15 is 0 Å². The normalized spacial score (nSPS) is 12.0. The van der Waals surface area contributed by atoms with Gasteiger partial charge in [0.15, 0.2) is 11.3 Å². The van der Waals surface area contributed by atoms with Gasteiger partial charge in [0.1, 0.15) is 10.7 Å². The molecule has 0 spiro atoms. The number of fused-ring (bicyclic) bond motifs is 1. The van der Waals surface area contributed by atoms with Crippen LogP contribution in [0.25, 0.3) is 10.1 Å². The fraction of sp³-hybridized carbons (Fsp3) is 0.167. The van der Waals surface area contributed by atoms with Crippen LogP contribution in [0, 0.1) is 12.7 Å². The topological polar surface area (TPSA) is 68.3 Å². The van der Waals surface area contributed by atoms with Crippen molar-refractivity contribution < 1.29 is 18.7 Å². The highest BCUT2D eigenvalue weighted by Crippen LogP contribution is 2.33. The van der Waals surface area contributed by atoms with Gasteiger partial charge in [0, 0.05) is 16.3 Å². The van der Waals surface area contributed by atoms with Crippen LogP contribution in [-0.4, -0.2) is 23.0 Å². The van der Waals surface area contributed by atoms with Gasteiger partial charge < -0.3 is 10.1 Å². The Morgan fingerprint density at radius 2 is 2.08 bits per heavy atom. The van der Waals surface area contributed by atoms with Crippen molar-refractivity contribution in [1.29, 1.82) is 0 Å². The first-order valence-corrected chi connectivity index (χ1v) is 8.88. The van der Waals surface area contributed by atoms with Crippen LogP contribution in [0.4, 0.5) is 10.1 Å². The van der Waals surface area contributed by atoms with E-state index in [-0.39, 0.29) is 10.0 Å². The average molecular weight is 393 g/mol. The minimum absolute atomic E-state index is 0.134. The molecule has 2 heterocycles. The zero-order chi connectivity index (χ0) is 18.8. The predicted molar refractivity (Wildman–Crippen MR) is 99.3 cm³/mol. The number of esters is 1. The van der Waals surface area contributed by atoms with Crippen molar-refractivity contribution in [2.75, 3.05) is 5.32 Å². The number of hydrogen-bond acceptors (Lipinski definition) is 5. The second kappa shape index (κ2) is 7.39. The first kappa shape index (κ1) is 18.3. The highest BCUT2D eigenvalue weighted by molar-refractivity contribution is 7.21. The summed E-state index contributed by atoms with van der Waals surface area (Å²) in [5.74, 6) is -1.62. The third-order valence-corrected chi connectivity index (χ3v) is 5.30. The van der Waals surface area contributed by atoms with E-state index in [1.807, 2.05) is 0 Å². The lowest BCUT2D eigenvalue weighted by molar-refractivity contribution is -0.123. The zero-order valence-corrected chi connectivity index (χ0v) is 15.5.